The van der Waals surface area contributed by atoms with Gasteiger partial charge in [-0.05, 0) is 23.8 Å². The highest BCUT2D eigenvalue weighted by atomic mass is 16.5. The van der Waals surface area contributed by atoms with Gasteiger partial charge in [0.1, 0.15) is 0 Å². The van der Waals surface area contributed by atoms with Crippen molar-refractivity contribution < 1.29 is 10.3 Å². The third kappa shape index (κ3) is 3.69. The molecule has 0 fully saturated rings. The maximum atomic E-state index is 9.47. The summed E-state index contributed by atoms with van der Waals surface area (Å²) in [6.07, 6.45) is 0. The summed E-state index contributed by atoms with van der Waals surface area (Å²) < 4.78 is 0. The Bertz CT molecular complexity index is 331. The van der Waals surface area contributed by atoms with Gasteiger partial charge in [0.2, 0.25) is 0 Å². The molecule has 1 aromatic rings. The maximum Gasteiger partial charge on any atom is 0.0604 e. The van der Waals surface area contributed by atoms with Crippen molar-refractivity contribution in [3.05, 3.63) is 23.8 Å². The molecule has 0 saturated heterocycles. The number of hydrogen-bond donors (Lipinski definition) is 4. The first-order valence-corrected chi connectivity index (χ1v) is 5.34. The Kier molecular flexibility index (Phi) is 5.04. The quantitative estimate of drug-likeness (QED) is 0.427. The minimum atomic E-state index is 0.0699. The van der Waals surface area contributed by atoms with E-state index in [4.69, 9.17) is 10.8 Å². The standard InChI is InChI=1S/C11H19N3O2/c1-2-14(16)8-9-7-10(12)3-4-11(9)13-5-6-15/h3-4,7,13,15-16H,2,5-6,8,12H2,1H3. The van der Waals surface area contributed by atoms with Crippen LogP contribution in [0.25, 0.3) is 0 Å². The lowest BCUT2D eigenvalue weighted by atomic mass is 10.1. The van der Waals surface area contributed by atoms with Gasteiger partial charge in [-0.3, -0.25) is 0 Å². The van der Waals surface area contributed by atoms with Crippen LogP contribution in [0.15, 0.2) is 18.2 Å². The van der Waals surface area contributed by atoms with Gasteiger partial charge in [0.25, 0.3) is 0 Å². The van der Waals surface area contributed by atoms with E-state index in [1.54, 1.807) is 6.07 Å². The largest absolute Gasteiger partial charge is 0.399 e. The van der Waals surface area contributed by atoms with Gasteiger partial charge in [-0.1, -0.05) is 6.92 Å². The van der Waals surface area contributed by atoms with E-state index in [0.29, 0.717) is 25.3 Å². The van der Waals surface area contributed by atoms with Crippen LogP contribution >= 0.6 is 0 Å². The van der Waals surface area contributed by atoms with Crippen LogP contribution in [0, 0.1) is 0 Å². The summed E-state index contributed by atoms with van der Waals surface area (Å²) >= 11 is 0. The molecule has 90 valence electrons. The van der Waals surface area contributed by atoms with Crippen LogP contribution in [-0.2, 0) is 6.54 Å². The Balaban J connectivity index is 2.80. The van der Waals surface area contributed by atoms with Crippen molar-refractivity contribution >= 4 is 11.4 Å². The molecule has 0 bridgehead atoms. The molecule has 16 heavy (non-hydrogen) atoms. The Hall–Kier alpha value is -1.30. The van der Waals surface area contributed by atoms with Crippen molar-refractivity contribution in [2.75, 3.05) is 30.7 Å². The summed E-state index contributed by atoms with van der Waals surface area (Å²) in [6.45, 7) is 3.38. The Morgan fingerprint density at radius 2 is 2.19 bits per heavy atom. The molecule has 0 aliphatic carbocycles. The molecule has 1 aromatic carbocycles. The van der Waals surface area contributed by atoms with Crippen molar-refractivity contribution in [3.8, 4) is 0 Å². The van der Waals surface area contributed by atoms with Crippen molar-refractivity contribution in [2.45, 2.75) is 13.5 Å². The predicted octanol–water partition coefficient (Wildman–Crippen LogP) is 0.884. The van der Waals surface area contributed by atoms with Crippen LogP contribution in [-0.4, -0.2) is 35.1 Å². The summed E-state index contributed by atoms with van der Waals surface area (Å²) in [5.41, 5.74) is 8.16. The van der Waals surface area contributed by atoms with Crippen molar-refractivity contribution in [3.63, 3.8) is 0 Å². The zero-order valence-corrected chi connectivity index (χ0v) is 9.48. The van der Waals surface area contributed by atoms with E-state index >= 15 is 0 Å². The maximum absolute atomic E-state index is 9.47. The second-order valence-corrected chi connectivity index (χ2v) is 3.55. The fourth-order valence-electron chi connectivity index (χ4n) is 1.42. The first-order chi connectivity index (χ1) is 7.67. The monoisotopic (exact) mass is 225 g/mol. The van der Waals surface area contributed by atoms with Gasteiger partial charge in [-0.25, -0.2) is 0 Å². The number of nitrogens with zero attached hydrogens (tertiary/aromatic N) is 1. The SMILES string of the molecule is CCN(O)Cc1cc(N)ccc1NCCO. The van der Waals surface area contributed by atoms with Crippen molar-refractivity contribution in [1.29, 1.82) is 0 Å². The second-order valence-electron chi connectivity index (χ2n) is 3.55. The molecule has 0 aliphatic rings. The third-order valence-electron chi connectivity index (χ3n) is 2.27. The van der Waals surface area contributed by atoms with Crippen LogP contribution in [0.4, 0.5) is 11.4 Å². The number of nitrogen functional groups attached to an aromatic ring is 1. The van der Waals surface area contributed by atoms with Crippen LogP contribution in [0.1, 0.15) is 12.5 Å². The van der Waals surface area contributed by atoms with E-state index in [1.165, 1.54) is 5.06 Å². The Morgan fingerprint density at radius 1 is 1.44 bits per heavy atom. The summed E-state index contributed by atoms with van der Waals surface area (Å²) in [7, 11) is 0. The topological polar surface area (TPSA) is 81.8 Å². The van der Waals surface area contributed by atoms with Crippen LogP contribution in [0.2, 0.25) is 0 Å². The number of nitrogens with one attached hydrogen (secondary N) is 1. The summed E-state index contributed by atoms with van der Waals surface area (Å²) in [4.78, 5) is 0. The van der Waals surface area contributed by atoms with E-state index in [1.807, 2.05) is 19.1 Å². The summed E-state index contributed by atoms with van der Waals surface area (Å²) in [5, 5.41) is 22.5. The van der Waals surface area contributed by atoms with Crippen LogP contribution in [0.5, 0.6) is 0 Å². The number of anilines is 2. The van der Waals surface area contributed by atoms with Gasteiger partial charge in [0.05, 0.1) is 13.2 Å². The molecule has 1 rings (SSSR count). The number of hydrogen-bond acceptors (Lipinski definition) is 5. The van der Waals surface area contributed by atoms with E-state index in [9.17, 15) is 5.21 Å². The van der Waals surface area contributed by atoms with Gasteiger partial charge in [-0.2, -0.15) is 5.06 Å². The fourth-order valence-corrected chi connectivity index (χ4v) is 1.42. The zero-order chi connectivity index (χ0) is 12.0. The first kappa shape index (κ1) is 12.8. The number of hydroxylamine groups is 2. The minimum absolute atomic E-state index is 0.0699. The van der Waals surface area contributed by atoms with Gasteiger partial charge in [0, 0.05) is 24.5 Å². The first-order valence-electron chi connectivity index (χ1n) is 5.34. The van der Waals surface area contributed by atoms with E-state index in [-0.39, 0.29) is 6.61 Å². The lowest BCUT2D eigenvalue weighted by molar-refractivity contribution is -0.0944. The Labute approximate surface area is 95.4 Å². The molecule has 5 nitrogen and oxygen atoms in total. The molecule has 5 N–H and O–H groups in total. The molecule has 0 radical (unpaired) electrons. The second kappa shape index (κ2) is 6.32. The average Bonchev–Trinajstić information content (AvgIpc) is 2.28. The average molecular weight is 225 g/mol. The number of aliphatic hydroxyl groups excluding tert-OH is 1. The molecule has 0 spiro atoms. The molecule has 0 atom stereocenters. The molecular weight excluding hydrogens is 206 g/mol. The predicted molar refractivity (Wildman–Crippen MR) is 64.3 cm³/mol. The fraction of sp³-hybridized carbons (Fsp3) is 0.455. The molecule has 0 amide bonds. The van der Waals surface area contributed by atoms with Gasteiger partial charge in [-0.15, -0.1) is 0 Å². The molecule has 0 aliphatic heterocycles. The summed E-state index contributed by atoms with van der Waals surface area (Å²) in [5.74, 6) is 0. The highest BCUT2D eigenvalue weighted by Crippen LogP contribution is 2.20. The number of benzene rings is 1. The van der Waals surface area contributed by atoms with Gasteiger partial charge >= 0.3 is 0 Å². The van der Waals surface area contributed by atoms with E-state index in [2.05, 4.69) is 5.32 Å². The molecule has 0 aromatic heterocycles. The minimum Gasteiger partial charge on any atom is -0.399 e. The highest BCUT2D eigenvalue weighted by Gasteiger charge is 2.06. The van der Waals surface area contributed by atoms with Crippen LogP contribution in [0.3, 0.4) is 0 Å². The smallest absolute Gasteiger partial charge is 0.0604 e. The Morgan fingerprint density at radius 3 is 2.81 bits per heavy atom. The molecule has 0 heterocycles. The molecule has 5 heteroatoms. The highest BCUT2D eigenvalue weighted by molar-refractivity contribution is 5.58. The summed E-state index contributed by atoms with van der Waals surface area (Å²) in [6, 6.07) is 5.46. The van der Waals surface area contributed by atoms with Gasteiger partial charge in [0.15, 0.2) is 0 Å². The van der Waals surface area contributed by atoms with Gasteiger partial charge < -0.3 is 21.4 Å². The lowest BCUT2D eigenvalue weighted by Crippen LogP contribution is -2.19. The van der Waals surface area contributed by atoms with E-state index < -0.39 is 0 Å². The number of nitrogens with two attached hydrogens (primary N) is 1. The molecular formula is C11H19N3O2. The van der Waals surface area contributed by atoms with Crippen molar-refractivity contribution in [1.82, 2.24) is 5.06 Å². The van der Waals surface area contributed by atoms with E-state index in [0.717, 1.165) is 11.3 Å². The number of aliphatic hydroxyl groups is 1. The normalized spacial score (nSPS) is 10.8. The molecule has 0 unspecified atom stereocenters. The lowest BCUT2D eigenvalue weighted by Gasteiger charge is -2.16. The van der Waals surface area contributed by atoms with Crippen LogP contribution < -0.4 is 11.1 Å². The zero-order valence-electron chi connectivity index (χ0n) is 9.48. The third-order valence-corrected chi connectivity index (χ3v) is 2.27. The molecule has 0 saturated carbocycles. The number of rotatable bonds is 6. The van der Waals surface area contributed by atoms with Crippen molar-refractivity contribution in [2.24, 2.45) is 0 Å².